The number of carbonyl (C=O) groups is 1. The van der Waals surface area contributed by atoms with Crippen LogP contribution in [-0.4, -0.2) is 32.5 Å². The highest BCUT2D eigenvalue weighted by Gasteiger charge is 2.24. The van der Waals surface area contributed by atoms with Gasteiger partial charge in [-0.25, -0.2) is 4.68 Å². The Morgan fingerprint density at radius 1 is 1.05 bits per heavy atom. The number of benzene rings is 3. The predicted octanol–water partition coefficient (Wildman–Crippen LogP) is 5.25. The van der Waals surface area contributed by atoms with Crippen LogP contribution in [0, 0.1) is 6.92 Å². The van der Waals surface area contributed by atoms with Crippen LogP contribution in [0.3, 0.4) is 0 Å². The van der Waals surface area contributed by atoms with Crippen LogP contribution in [-0.2, 0) is 6.54 Å². The first-order valence-corrected chi connectivity index (χ1v) is 12.8. The first-order valence-electron chi connectivity index (χ1n) is 12.8. The van der Waals surface area contributed by atoms with Crippen molar-refractivity contribution in [1.82, 2.24) is 14.3 Å². The number of aromatic nitrogens is 3. The number of nitrogens with zero attached hydrogens (tertiary/aromatic N) is 3. The van der Waals surface area contributed by atoms with Gasteiger partial charge in [0, 0.05) is 29.9 Å². The third-order valence-electron chi connectivity index (χ3n) is 6.82. The molecule has 198 valence electrons. The van der Waals surface area contributed by atoms with Crippen LogP contribution in [0.1, 0.15) is 46.6 Å². The van der Waals surface area contributed by atoms with Gasteiger partial charge in [-0.1, -0.05) is 37.3 Å². The molecule has 1 unspecified atom stereocenters. The number of anilines is 1. The number of aliphatic hydroxyl groups excluding tert-OH is 1. The first-order chi connectivity index (χ1) is 18.9. The fraction of sp³-hybridized carbons (Fsp3) is 0.194. The summed E-state index contributed by atoms with van der Waals surface area (Å²) in [6.45, 7) is 4.42. The summed E-state index contributed by atoms with van der Waals surface area (Å²) >= 11 is 0. The molecule has 0 radical (unpaired) electrons. The van der Waals surface area contributed by atoms with Crippen molar-refractivity contribution in [2.75, 3.05) is 12.4 Å². The Hall–Kier alpha value is -4.69. The lowest BCUT2D eigenvalue weighted by molar-refractivity contribution is 0.102. The summed E-state index contributed by atoms with van der Waals surface area (Å²) in [5.74, 6) is 0.219. The molecular weight excluding hydrogens is 492 g/mol. The van der Waals surface area contributed by atoms with E-state index in [1.54, 1.807) is 55.2 Å². The van der Waals surface area contributed by atoms with E-state index in [1.165, 1.54) is 0 Å². The van der Waals surface area contributed by atoms with Crippen LogP contribution in [0.25, 0.3) is 16.6 Å². The summed E-state index contributed by atoms with van der Waals surface area (Å²) in [7, 11) is 1.60. The second-order valence-corrected chi connectivity index (χ2v) is 9.30. The number of para-hydroxylation sites is 1. The Morgan fingerprint density at radius 2 is 1.79 bits per heavy atom. The minimum absolute atomic E-state index is 0.107. The van der Waals surface area contributed by atoms with Crippen LogP contribution in [0.4, 0.5) is 5.69 Å². The Kier molecular flexibility index (Phi) is 7.29. The van der Waals surface area contributed by atoms with Gasteiger partial charge >= 0.3 is 0 Å². The molecule has 0 fully saturated rings. The Bertz CT molecular complexity index is 1690. The molecule has 3 aromatic carbocycles. The number of methoxy groups -OCH3 is 1. The number of ether oxygens (including phenoxy) is 1. The van der Waals surface area contributed by atoms with Crippen molar-refractivity contribution < 1.29 is 14.6 Å². The van der Waals surface area contributed by atoms with E-state index < -0.39 is 12.0 Å². The van der Waals surface area contributed by atoms with Crippen molar-refractivity contribution in [3.8, 4) is 11.4 Å². The third kappa shape index (κ3) is 4.94. The van der Waals surface area contributed by atoms with Crippen LogP contribution in [0.15, 0.2) is 89.9 Å². The molecule has 0 aliphatic heterocycles. The Balaban J connectivity index is 1.41. The largest absolute Gasteiger partial charge is 0.497 e. The van der Waals surface area contributed by atoms with Gasteiger partial charge in [-0.2, -0.15) is 0 Å². The molecule has 5 aromatic rings. The van der Waals surface area contributed by atoms with Gasteiger partial charge in [0.25, 0.3) is 11.5 Å². The quantitative estimate of drug-likeness (QED) is 0.290. The van der Waals surface area contributed by atoms with Gasteiger partial charge < -0.3 is 15.2 Å². The highest BCUT2D eigenvalue weighted by Crippen LogP contribution is 2.30. The minimum atomic E-state index is -0.892. The molecule has 0 bridgehead atoms. The fourth-order valence-corrected chi connectivity index (χ4v) is 4.85. The smallest absolute Gasteiger partial charge is 0.284 e. The molecule has 2 N–H and O–H groups in total. The highest BCUT2D eigenvalue weighted by molar-refractivity contribution is 6.05. The Morgan fingerprint density at radius 3 is 2.49 bits per heavy atom. The molecule has 0 aliphatic rings. The van der Waals surface area contributed by atoms with E-state index in [-0.39, 0.29) is 11.1 Å². The number of hydrogen-bond acceptors (Lipinski definition) is 5. The number of fused-ring (bicyclic) bond motifs is 1. The molecule has 0 spiro atoms. The van der Waals surface area contributed by atoms with Crippen molar-refractivity contribution in [2.24, 2.45) is 0 Å². The van der Waals surface area contributed by atoms with Crippen LogP contribution < -0.4 is 15.6 Å². The predicted molar refractivity (Wildman–Crippen MR) is 152 cm³/mol. The van der Waals surface area contributed by atoms with Crippen LogP contribution in [0.5, 0.6) is 5.75 Å². The van der Waals surface area contributed by atoms with Crippen LogP contribution >= 0.6 is 0 Å². The topological polar surface area (TPSA) is 98.4 Å². The second kappa shape index (κ2) is 11.0. The Labute approximate surface area is 226 Å². The zero-order valence-corrected chi connectivity index (χ0v) is 22.1. The maximum atomic E-state index is 13.4. The van der Waals surface area contributed by atoms with Crippen molar-refractivity contribution >= 4 is 22.5 Å². The van der Waals surface area contributed by atoms with Crippen molar-refractivity contribution in [1.29, 1.82) is 0 Å². The zero-order chi connectivity index (χ0) is 27.5. The number of nitrogens with one attached hydrogen (secondary N) is 1. The summed E-state index contributed by atoms with van der Waals surface area (Å²) in [6.07, 6.45) is 1.58. The van der Waals surface area contributed by atoms with E-state index in [0.29, 0.717) is 40.5 Å². The van der Waals surface area contributed by atoms with E-state index in [9.17, 15) is 14.7 Å². The number of pyridine rings is 1. The van der Waals surface area contributed by atoms with E-state index in [1.807, 2.05) is 60.1 Å². The number of amides is 1. The van der Waals surface area contributed by atoms with Gasteiger partial charge in [-0.05, 0) is 66.9 Å². The molecule has 8 nitrogen and oxygen atoms in total. The van der Waals surface area contributed by atoms with Gasteiger partial charge in [-0.15, -0.1) is 0 Å². The summed E-state index contributed by atoms with van der Waals surface area (Å²) in [4.78, 5) is 31.1. The molecule has 1 atom stereocenters. The average molecular weight is 523 g/mol. The number of carbonyl (C=O) groups excluding carboxylic acids is 1. The SMILES string of the molecule is CCCn1c(C)c(C(=O)Nc2ccc(C(O)c3ccnc4cc(OC)ccc34)cc2)c(=O)n1-c1ccccc1. The lowest BCUT2D eigenvalue weighted by atomic mass is 9.98. The maximum Gasteiger partial charge on any atom is 0.284 e. The van der Waals surface area contributed by atoms with Gasteiger partial charge in [0.05, 0.1) is 24.0 Å². The van der Waals surface area contributed by atoms with E-state index in [2.05, 4.69) is 10.3 Å². The number of rotatable bonds is 8. The molecule has 0 saturated heterocycles. The van der Waals surface area contributed by atoms with E-state index in [4.69, 9.17) is 4.74 Å². The molecule has 2 aromatic heterocycles. The van der Waals surface area contributed by atoms with Crippen molar-refractivity contribution in [3.63, 3.8) is 0 Å². The van der Waals surface area contributed by atoms with Crippen molar-refractivity contribution in [2.45, 2.75) is 32.9 Å². The molecule has 39 heavy (non-hydrogen) atoms. The van der Waals surface area contributed by atoms with Gasteiger partial charge in [0.2, 0.25) is 0 Å². The molecular formula is C31H30N4O4. The van der Waals surface area contributed by atoms with Gasteiger partial charge in [0.15, 0.2) is 0 Å². The summed E-state index contributed by atoms with van der Waals surface area (Å²) < 4.78 is 8.69. The minimum Gasteiger partial charge on any atom is -0.497 e. The van der Waals surface area contributed by atoms with Crippen molar-refractivity contribution in [3.05, 3.63) is 118 Å². The molecule has 0 saturated carbocycles. The van der Waals surface area contributed by atoms with Gasteiger partial charge in [0.1, 0.15) is 17.4 Å². The third-order valence-corrected chi connectivity index (χ3v) is 6.82. The second-order valence-electron chi connectivity index (χ2n) is 9.30. The van der Waals surface area contributed by atoms with Gasteiger partial charge in [-0.3, -0.25) is 19.3 Å². The highest BCUT2D eigenvalue weighted by atomic mass is 16.5. The molecule has 5 rings (SSSR count). The first kappa shape index (κ1) is 25.9. The standard InChI is InChI=1S/C31H30N4O4/c1-4-18-34-20(2)28(31(38)35(34)23-8-6-5-7-9-23)30(37)33-22-12-10-21(11-13-22)29(36)26-16-17-32-27-19-24(39-3)14-15-25(26)27/h5-17,19,29,36H,4,18H2,1-3H3,(H,33,37). The maximum absolute atomic E-state index is 13.4. The number of aliphatic hydroxyl groups is 1. The molecule has 0 aliphatic carbocycles. The number of hydrogen-bond donors (Lipinski definition) is 2. The summed E-state index contributed by atoms with van der Waals surface area (Å²) in [5, 5.41) is 14.8. The van der Waals surface area contributed by atoms with E-state index in [0.717, 1.165) is 17.3 Å². The summed E-state index contributed by atoms with van der Waals surface area (Å²) in [5.41, 5.74) is 3.68. The lowest BCUT2D eigenvalue weighted by Crippen LogP contribution is -2.25. The van der Waals surface area contributed by atoms with E-state index >= 15 is 0 Å². The zero-order valence-electron chi connectivity index (χ0n) is 22.1. The normalized spacial score (nSPS) is 11.9. The molecule has 2 heterocycles. The van der Waals surface area contributed by atoms with Crippen LogP contribution in [0.2, 0.25) is 0 Å². The molecule has 8 heteroatoms. The summed E-state index contributed by atoms with van der Waals surface area (Å²) in [6, 6.07) is 23.6. The monoisotopic (exact) mass is 522 g/mol. The average Bonchev–Trinajstić information content (AvgIpc) is 3.21. The molecule has 1 amide bonds. The lowest BCUT2D eigenvalue weighted by Gasteiger charge is -2.15. The fourth-order valence-electron chi connectivity index (χ4n) is 4.85.